The lowest BCUT2D eigenvalue weighted by molar-refractivity contribution is -0.119. The van der Waals surface area contributed by atoms with Crippen molar-refractivity contribution in [1.82, 2.24) is 0 Å². The van der Waals surface area contributed by atoms with Gasteiger partial charge < -0.3 is 20.1 Å². The lowest BCUT2D eigenvalue weighted by Gasteiger charge is -2.13. The first kappa shape index (κ1) is 21.5. The molecule has 2 N–H and O–H groups in total. The van der Waals surface area contributed by atoms with Gasteiger partial charge in [0.15, 0.2) is 13.2 Å². The van der Waals surface area contributed by atoms with E-state index in [1.165, 1.54) is 0 Å². The summed E-state index contributed by atoms with van der Waals surface area (Å²) in [5, 5.41) is 6.59. The molecule has 3 rings (SSSR count). The maximum atomic E-state index is 12.2. The van der Waals surface area contributed by atoms with Gasteiger partial charge in [0.1, 0.15) is 11.5 Å². The molecule has 0 heterocycles. The molecule has 0 spiro atoms. The molecule has 3 aromatic carbocycles. The van der Waals surface area contributed by atoms with Gasteiger partial charge in [-0.05, 0) is 60.7 Å². The Balaban J connectivity index is 1.52. The average molecular weight is 445 g/mol. The largest absolute Gasteiger partial charge is 0.484 e. The van der Waals surface area contributed by atoms with Crippen LogP contribution in [0.4, 0.5) is 11.4 Å². The van der Waals surface area contributed by atoms with Crippen LogP contribution in [-0.4, -0.2) is 25.0 Å². The van der Waals surface area contributed by atoms with Gasteiger partial charge in [-0.3, -0.25) is 9.59 Å². The fraction of sp³-hybridized carbons (Fsp3) is 0.0909. The normalized spacial score (nSPS) is 10.2. The van der Waals surface area contributed by atoms with Crippen molar-refractivity contribution >= 4 is 46.4 Å². The summed E-state index contributed by atoms with van der Waals surface area (Å²) < 4.78 is 10.8. The van der Waals surface area contributed by atoms with Crippen molar-refractivity contribution < 1.29 is 19.1 Å². The number of hydrogen-bond acceptors (Lipinski definition) is 4. The van der Waals surface area contributed by atoms with Crippen LogP contribution < -0.4 is 20.1 Å². The van der Waals surface area contributed by atoms with Crippen LogP contribution in [0.5, 0.6) is 11.5 Å². The highest BCUT2D eigenvalue weighted by Crippen LogP contribution is 2.22. The Morgan fingerprint density at radius 2 is 1.00 bits per heavy atom. The number of halogens is 2. The number of rotatable bonds is 8. The third-order valence-corrected chi connectivity index (χ3v) is 4.35. The molecule has 0 aliphatic heterocycles. The van der Waals surface area contributed by atoms with E-state index >= 15 is 0 Å². The van der Waals surface area contributed by atoms with E-state index in [1.807, 2.05) is 0 Å². The van der Waals surface area contributed by atoms with E-state index in [-0.39, 0.29) is 25.0 Å². The lowest BCUT2D eigenvalue weighted by atomic mass is 10.2. The third-order valence-electron chi connectivity index (χ3n) is 3.84. The molecule has 2 amide bonds. The van der Waals surface area contributed by atoms with E-state index in [0.717, 1.165) is 0 Å². The Hall–Kier alpha value is -3.22. The molecule has 0 aromatic heterocycles. The minimum atomic E-state index is -0.371. The predicted molar refractivity (Wildman–Crippen MR) is 118 cm³/mol. The summed E-state index contributed by atoms with van der Waals surface area (Å²) in [6, 6.07) is 20.2. The molecule has 0 bridgehead atoms. The number of anilines is 2. The van der Waals surface area contributed by atoms with Gasteiger partial charge in [0.05, 0.1) is 11.4 Å². The van der Waals surface area contributed by atoms with Gasteiger partial charge in [0.2, 0.25) is 0 Å². The van der Waals surface area contributed by atoms with Gasteiger partial charge in [-0.25, -0.2) is 0 Å². The van der Waals surface area contributed by atoms with Crippen molar-refractivity contribution in [2.24, 2.45) is 0 Å². The average Bonchev–Trinajstić information content (AvgIpc) is 2.74. The van der Waals surface area contributed by atoms with E-state index < -0.39 is 0 Å². The Labute approximate surface area is 183 Å². The first-order chi connectivity index (χ1) is 14.5. The van der Waals surface area contributed by atoms with Crippen LogP contribution in [0.2, 0.25) is 10.0 Å². The van der Waals surface area contributed by atoms with Crippen LogP contribution in [0, 0.1) is 0 Å². The van der Waals surface area contributed by atoms with Crippen molar-refractivity contribution in [1.29, 1.82) is 0 Å². The quantitative estimate of drug-likeness (QED) is 0.510. The minimum absolute atomic E-state index is 0.191. The molecule has 0 saturated carbocycles. The van der Waals surface area contributed by atoms with E-state index in [0.29, 0.717) is 32.9 Å². The molecule has 0 aliphatic rings. The number of carbonyl (C=O) groups is 2. The number of nitrogens with one attached hydrogen (secondary N) is 2. The van der Waals surface area contributed by atoms with Crippen LogP contribution in [0.25, 0.3) is 0 Å². The second kappa shape index (κ2) is 10.5. The highest BCUT2D eigenvalue weighted by atomic mass is 35.5. The number of amides is 2. The van der Waals surface area contributed by atoms with Crippen molar-refractivity contribution in [2.45, 2.75) is 0 Å². The molecule has 0 aliphatic carbocycles. The smallest absolute Gasteiger partial charge is 0.262 e. The minimum Gasteiger partial charge on any atom is -0.484 e. The third kappa shape index (κ3) is 6.69. The summed E-state index contributed by atoms with van der Waals surface area (Å²) >= 11 is 11.6. The number of para-hydroxylation sites is 2. The molecular formula is C22H18Cl2N2O4. The Morgan fingerprint density at radius 3 is 1.37 bits per heavy atom. The summed E-state index contributed by atoms with van der Waals surface area (Å²) in [5.74, 6) is 0.305. The fourth-order valence-electron chi connectivity index (χ4n) is 2.43. The van der Waals surface area contributed by atoms with E-state index in [2.05, 4.69) is 10.6 Å². The topological polar surface area (TPSA) is 76.7 Å². The zero-order valence-electron chi connectivity index (χ0n) is 15.7. The lowest BCUT2D eigenvalue weighted by Crippen LogP contribution is -2.23. The van der Waals surface area contributed by atoms with Gasteiger partial charge >= 0.3 is 0 Å². The van der Waals surface area contributed by atoms with E-state index in [4.69, 9.17) is 32.7 Å². The second-order valence-electron chi connectivity index (χ2n) is 6.13. The maximum Gasteiger partial charge on any atom is 0.262 e. The Bertz CT molecular complexity index is 926. The summed E-state index contributed by atoms with van der Waals surface area (Å²) in [6.45, 7) is -0.382. The highest BCUT2D eigenvalue weighted by molar-refractivity contribution is 6.30. The Kier molecular flexibility index (Phi) is 7.54. The first-order valence-electron chi connectivity index (χ1n) is 8.95. The van der Waals surface area contributed by atoms with Crippen LogP contribution in [0.3, 0.4) is 0 Å². The van der Waals surface area contributed by atoms with Crippen LogP contribution in [0.1, 0.15) is 0 Å². The zero-order valence-corrected chi connectivity index (χ0v) is 17.2. The van der Waals surface area contributed by atoms with Crippen molar-refractivity contribution in [3.63, 3.8) is 0 Å². The van der Waals surface area contributed by atoms with Crippen molar-refractivity contribution in [3.8, 4) is 11.5 Å². The van der Waals surface area contributed by atoms with Crippen LogP contribution >= 0.6 is 23.2 Å². The monoisotopic (exact) mass is 444 g/mol. The molecule has 0 atom stereocenters. The number of benzene rings is 3. The molecule has 0 saturated heterocycles. The molecule has 30 heavy (non-hydrogen) atoms. The van der Waals surface area contributed by atoms with E-state index in [9.17, 15) is 9.59 Å². The molecule has 6 nitrogen and oxygen atoms in total. The fourth-order valence-corrected chi connectivity index (χ4v) is 2.69. The standard InChI is InChI=1S/C22H18Cl2N2O4/c23-15-5-9-17(10-6-15)29-13-21(27)25-19-3-1-2-4-20(19)26-22(28)14-30-18-11-7-16(24)8-12-18/h1-12H,13-14H2,(H,25,27)(H,26,28). The molecule has 0 fully saturated rings. The van der Waals surface area contributed by atoms with Gasteiger partial charge in [-0.1, -0.05) is 35.3 Å². The maximum absolute atomic E-state index is 12.2. The van der Waals surface area contributed by atoms with Gasteiger partial charge in [-0.15, -0.1) is 0 Å². The van der Waals surface area contributed by atoms with Gasteiger partial charge in [0.25, 0.3) is 11.8 Å². The summed E-state index contributed by atoms with van der Waals surface area (Å²) in [6.07, 6.45) is 0. The zero-order chi connectivity index (χ0) is 21.3. The predicted octanol–water partition coefficient (Wildman–Crippen LogP) is 5.03. The molecule has 8 heteroatoms. The molecule has 0 unspecified atom stereocenters. The van der Waals surface area contributed by atoms with Crippen molar-refractivity contribution in [2.75, 3.05) is 23.8 Å². The summed E-state index contributed by atoms with van der Waals surface area (Å²) in [7, 11) is 0. The number of carbonyl (C=O) groups excluding carboxylic acids is 2. The number of hydrogen-bond donors (Lipinski definition) is 2. The molecule has 0 radical (unpaired) electrons. The Morgan fingerprint density at radius 1 is 0.633 bits per heavy atom. The second-order valence-corrected chi connectivity index (χ2v) is 7.00. The van der Waals surface area contributed by atoms with Crippen LogP contribution in [0.15, 0.2) is 72.8 Å². The van der Waals surface area contributed by atoms with Crippen molar-refractivity contribution in [3.05, 3.63) is 82.8 Å². The number of ether oxygens (including phenoxy) is 2. The van der Waals surface area contributed by atoms with Gasteiger partial charge in [-0.2, -0.15) is 0 Å². The molecule has 3 aromatic rings. The highest BCUT2D eigenvalue weighted by Gasteiger charge is 2.11. The van der Waals surface area contributed by atoms with Gasteiger partial charge in [0, 0.05) is 10.0 Å². The SMILES string of the molecule is O=C(COc1ccc(Cl)cc1)Nc1ccccc1NC(=O)COc1ccc(Cl)cc1. The molecular weight excluding hydrogens is 427 g/mol. The van der Waals surface area contributed by atoms with E-state index in [1.54, 1.807) is 72.8 Å². The summed E-state index contributed by atoms with van der Waals surface area (Å²) in [5.41, 5.74) is 0.893. The summed E-state index contributed by atoms with van der Waals surface area (Å²) in [4.78, 5) is 24.4. The first-order valence-corrected chi connectivity index (χ1v) is 9.70. The molecule has 154 valence electrons. The van der Waals surface area contributed by atoms with Crippen LogP contribution in [-0.2, 0) is 9.59 Å².